The van der Waals surface area contributed by atoms with E-state index in [9.17, 15) is 19.2 Å². The molecule has 1 aromatic carbocycles. The van der Waals surface area contributed by atoms with E-state index in [4.69, 9.17) is 11.5 Å². The first-order valence-corrected chi connectivity index (χ1v) is 19.1. The summed E-state index contributed by atoms with van der Waals surface area (Å²) in [7, 11) is 0. The molecule has 0 aromatic heterocycles. The van der Waals surface area contributed by atoms with Gasteiger partial charge in [-0.2, -0.15) is 0 Å². The third-order valence-electron chi connectivity index (χ3n) is 5.07. The average molecular weight is 1050 g/mol. The Morgan fingerprint density at radius 2 is 0.789 bits per heavy atom. The molecule has 0 aliphatic carbocycles. The zero-order valence-corrected chi connectivity index (χ0v) is 32.5. The Morgan fingerprint density at radius 1 is 0.553 bits per heavy atom. The molecule has 214 valence electrons. The molecule has 0 saturated carbocycles. The van der Waals surface area contributed by atoms with Crippen LogP contribution >= 0.6 is 127 Å². The summed E-state index contributed by atoms with van der Waals surface area (Å²) < 4.78 is 0. The number of rotatable bonds is 16. The van der Waals surface area contributed by atoms with E-state index in [1.54, 1.807) is 9.80 Å². The molecule has 4 amide bonds. The predicted octanol–water partition coefficient (Wildman–Crippen LogP) is 5.40. The van der Waals surface area contributed by atoms with E-state index in [1.165, 1.54) is 12.1 Å². The van der Waals surface area contributed by atoms with E-state index in [0.29, 0.717) is 47.5 Å². The summed E-state index contributed by atoms with van der Waals surface area (Å²) in [6, 6.07) is 2.40. The van der Waals surface area contributed by atoms with Crippen LogP contribution < -0.4 is 11.5 Å². The molecule has 0 saturated heterocycles. The van der Waals surface area contributed by atoms with Crippen molar-refractivity contribution in [3.05, 3.63) is 34.4 Å². The van der Waals surface area contributed by atoms with Crippen molar-refractivity contribution in [1.29, 1.82) is 0 Å². The van der Waals surface area contributed by atoms with Gasteiger partial charge in [-0.15, -0.1) is 0 Å². The van der Waals surface area contributed by atoms with Gasteiger partial charge in [-0.1, -0.05) is 127 Å². The molecule has 0 aliphatic rings. The highest BCUT2D eigenvalue weighted by molar-refractivity contribution is 9.13. The predicted molar refractivity (Wildman–Crippen MR) is 181 cm³/mol. The van der Waals surface area contributed by atoms with Gasteiger partial charge in [0.05, 0.1) is 22.3 Å². The van der Waals surface area contributed by atoms with Crippen molar-refractivity contribution < 1.29 is 19.2 Å². The van der Waals surface area contributed by atoms with Crippen molar-refractivity contribution in [2.75, 3.05) is 47.5 Å². The molecule has 1 aromatic rings. The Morgan fingerprint density at radius 3 is 0.974 bits per heavy atom. The summed E-state index contributed by atoms with van der Waals surface area (Å²) in [4.78, 5) is 55.3. The summed E-state index contributed by atoms with van der Waals surface area (Å²) in [5.74, 6) is -2.86. The Balaban J connectivity index is 3.84. The summed E-state index contributed by atoms with van der Waals surface area (Å²) >= 11 is 27.8. The minimum absolute atomic E-state index is 0.0442. The molecule has 0 bridgehead atoms. The normalized spacial score (nSPS) is 14.3. The van der Waals surface area contributed by atoms with Crippen LogP contribution in [0.4, 0.5) is 0 Å². The zero-order chi connectivity index (χ0) is 29.2. The average Bonchev–Trinajstić information content (AvgIpc) is 2.89. The monoisotopic (exact) mass is 1040 g/mol. The lowest BCUT2D eigenvalue weighted by Crippen LogP contribution is -2.43. The Bertz CT molecular complexity index is 901. The second kappa shape index (κ2) is 18.5. The fraction of sp³-hybridized carbons (Fsp3) is 0.545. The van der Waals surface area contributed by atoms with E-state index < -0.39 is 23.6 Å². The molecular weight excluding hydrogens is 1020 g/mol. The number of carbonyl (C=O) groups is 4. The Kier molecular flexibility index (Phi) is 18.0. The fourth-order valence-corrected chi connectivity index (χ4v) is 5.55. The molecule has 8 nitrogen and oxygen atoms in total. The molecule has 4 unspecified atom stereocenters. The molecule has 0 spiro atoms. The number of nitrogens with zero attached hydrogens (tertiary/aromatic N) is 2. The van der Waals surface area contributed by atoms with Gasteiger partial charge in [0, 0.05) is 66.8 Å². The third-order valence-corrected chi connectivity index (χ3v) is 14.1. The summed E-state index contributed by atoms with van der Waals surface area (Å²) in [6.45, 7) is 1.22. The molecular formula is C22H26Br8N4O4. The molecule has 4 atom stereocenters. The van der Waals surface area contributed by atoms with Crippen LogP contribution in [-0.4, -0.2) is 100 Å². The maximum Gasteiger partial charge on any atom is 0.254 e. The lowest BCUT2D eigenvalue weighted by atomic mass is 9.95. The maximum absolute atomic E-state index is 14.0. The molecule has 4 N–H and O–H groups in total. The summed E-state index contributed by atoms with van der Waals surface area (Å²) in [6.07, 6.45) is 0. The van der Waals surface area contributed by atoms with Crippen LogP contribution in [0.25, 0.3) is 0 Å². The van der Waals surface area contributed by atoms with Gasteiger partial charge >= 0.3 is 0 Å². The van der Waals surface area contributed by atoms with Gasteiger partial charge in [0.2, 0.25) is 11.8 Å². The second-order valence-electron chi connectivity index (χ2n) is 8.10. The largest absolute Gasteiger partial charge is 0.366 e. The first-order valence-electron chi connectivity index (χ1n) is 11.0. The third kappa shape index (κ3) is 11.3. The number of primary amides is 2. The number of benzene rings is 1. The van der Waals surface area contributed by atoms with Gasteiger partial charge in [0.15, 0.2) is 0 Å². The van der Waals surface area contributed by atoms with Gasteiger partial charge in [-0.3, -0.25) is 19.2 Å². The van der Waals surface area contributed by atoms with E-state index in [0.717, 1.165) is 0 Å². The van der Waals surface area contributed by atoms with Crippen molar-refractivity contribution in [1.82, 2.24) is 9.80 Å². The molecule has 1 rings (SSSR count). The first kappa shape index (κ1) is 37.0. The molecule has 0 fully saturated rings. The van der Waals surface area contributed by atoms with Gasteiger partial charge in [0.25, 0.3) is 11.8 Å². The highest BCUT2D eigenvalue weighted by Crippen LogP contribution is 2.24. The summed E-state index contributed by atoms with van der Waals surface area (Å²) in [5, 5.41) is 2.29. The fourth-order valence-electron chi connectivity index (χ4n) is 3.33. The standard InChI is InChI=1S/C22H26Br8N4O4/c23-3-11(27)7-33(8-12(28)4-24)21(37)17-1-15(19(31)35)16(20(32)36)2-18(17)22(38)34(9-13(29)5-25)10-14(30)6-26/h1-2,11-14H,3-10H2,(H2,31,35)(H2,32,36). The van der Waals surface area contributed by atoms with E-state index in [1.807, 2.05) is 0 Å². The smallest absolute Gasteiger partial charge is 0.254 e. The number of hydrogen-bond donors (Lipinski definition) is 2. The van der Waals surface area contributed by atoms with Crippen molar-refractivity contribution in [2.24, 2.45) is 11.5 Å². The lowest BCUT2D eigenvalue weighted by Gasteiger charge is -2.30. The molecule has 0 heterocycles. The van der Waals surface area contributed by atoms with Gasteiger partial charge in [0.1, 0.15) is 0 Å². The topological polar surface area (TPSA) is 127 Å². The highest BCUT2D eigenvalue weighted by atomic mass is 79.9. The van der Waals surface area contributed by atoms with Crippen molar-refractivity contribution in [3.8, 4) is 0 Å². The number of amides is 4. The van der Waals surface area contributed by atoms with E-state index >= 15 is 0 Å². The first-order chi connectivity index (χ1) is 17.8. The minimum atomic E-state index is -0.937. The molecule has 38 heavy (non-hydrogen) atoms. The number of nitrogens with two attached hydrogens (primary N) is 2. The van der Waals surface area contributed by atoms with Crippen LogP contribution in [0.2, 0.25) is 0 Å². The van der Waals surface area contributed by atoms with Crippen LogP contribution in [0.3, 0.4) is 0 Å². The molecule has 0 radical (unpaired) electrons. The highest BCUT2D eigenvalue weighted by Gasteiger charge is 2.31. The Labute approximate surface area is 289 Å². The van der Waals surface area contributed by atoms with Gasteiger partial charge in [-0.05, 0) is 12.1 Å². The number of halogens is 8. The minimum Gasteiger partial charge on any atom is -0.366 e. The van der Waals surface area contributed by atoms with E-state index in [2.05, 4.69) is 127 Å². The van der Waals surface area contributed by atoms with Gasteiger partial charge < -0.3 is 21.3 Å². The zero-order valence-electron chi connectivity index (χ0n) is 19.8. The molecule has 0 aliphatic heterocycles. The quantitative estimate of drug-likeness (QED) is 0.215. The van der Waals surface area contributed by atoms with Crippen LogP contribution in [0, 0.1) is 0 Å². The van der Waals surface area contributed by atoms with Crippen LogP contribution in [0.1, 0.15) is 41.4 Å². The number of alkyl halides is 8. The number of carbonyl (C=O) groups excluding carboxylic acids is 4. The second-order valence-corrected chi connectivity index (χ2v) is 15.9. The van der Waals surface area contributed by atoms with Crippen molar-refractivity contribution in [2.45, 2.75) is 19.3 Å². The number of hydrogen-bond acceptors (Lipinski definition) is 4. The van der Waals surface area contributed by atoms with Crippen molar-refractivity contribution >= 4 is 151 Å². The van der Waals surface area contributed by atoms with Crippen LogP contribution in [-0.2, 0) is 0 Å². The van der Waals surface area contributed by atoms with Crippen molar-refractivity contribution in [3.63, 3.8) is 0 Å². The lowest BCUT2D eigenvalue weighted by molar-refractivity contribution is 0.0722. The molecule has 16 heteroatoms. The Hall–Kier alpha value is 0.940. The van der Waals surface area contributed by atoms with Gasteiger partial charge in [-0.25, -0.2) is 0 Å². The summed E-state index contributed by atoms with van der Waals surface area (Å²) in [5.41, 5.74) is 10.5. The van der Waals surface area contributed by atoms with Crippen LogP contribution in [0.5, 0.6) is 0 Å². The SMILES string of the molecule is NC(=O)c1cc(C(=O)N(CC(Br)CBr)CC(Br)CBr)c(C(=O)N(CC(Br)CBr)CC(Br)CBr)cc1C(N)=O. The maximum atomic E-state index is 14.0. The van der Waals surface area contributed by atoms with Crippen LogP contribution in [0.15, 0.2) is 12.1 Å². The van der Waals surface area contributed by atoms with E-state index in [-0.39, 0.29) is 41.6 Å².